The van der Waals surface area contributed by atoms with Gasteiger partial charge in [-0.3, -0.25) is 4.79 Å². The van der Waals surface area contributed by atoms with Gasteiger partial charge in [0.25, 0.3) is 0 Å². The first-order chi connectivity index (χ1) is 4.63. The fourth-order valence-corrected chi connectivity index (χ4v) is 0.573. The summed E-state index contributed by atoms with van der Waals surface area (Å²) in [6.07, 6.45) is 3.66. The summed E-state index contributed by atoms with van der Waals surface area (Å²) in [5, 5.41) is 0. The number of carbonyl (C=O) groups excluding carboxylic acids is 1. The molecule has 0 aromatic heterocycles. The Kier molecular flexibility index (Phi) is 3.70. The van der Waals surface area contributed by atoms with Crippen LogP contribution in [0.15, 0.2) is 23.3 Å². The van der Waals surface area contributed by atoms with Gasteiger partial charge in [0.05, 0.1) is 0 Å². The maximum Gasteiger partial charge on any atom is 0.183 e. The fourth-order valence-electron chi connectivity index (χ4n) is 0.573. The molecule has 56 valence electrons. The highest BCUT2D eigenvalue weighted by Gasteiger charge is 2.03. The molecular weight excluding hydrogens is 124 g/mol. The molecule has 0 aliphatic heterocycles. The summed E-state index contributed by atoms with van der Waals surface area (Å²) in [6, 6.07) is 0. The van der Waals surface area contributed by atoms with E-state index in [-0.39, 0.29) is 5.78 Å². The second-order valence-electron chi connectivity index (χ2n) is 2.27. The van der Waals surface area contributed by atoms with Gasteiger partial charge in [0.2, 0.25) is 0 Å². The SMILES string of the molecule is CC=C(C)C(=O)/C(C)=C\C. The quantitative estimate of drug-likeness (QED) is 0.536. The smallest absolute Gasteiger partial charge is 0.183 e. The van der Waals surface area contributed by atoms with Gasteiger partial charge in [-0.1, -0.05) is 12.2 Å². The Morgan fingerprint density at radius 1 is 1.00 bits per heavy atom. The molecule has 0 unspecified atom stereocenters. The Hall–Kier alpha value is -0.850. The van der Waals surface area contributed by atoms with E-state index in [1.54, 1.807) is 0 Å². The number of hydrogen-bond donors (Lipinski definition) is 0. The van der Waals surface area contributed by atoms with Crippen LogP contribution in [-0.4, -0.2) is 5.78 Å². The minimum absolute atomic E-state index is 0.144. The van der Waals surface area contributed by atoms with Gasteiger partial charge in [-0.25, -0.2) is 0 Å². The largest absolute Gasteiger partial charge is 0.289 e. The summed E-state index contributed by atoms with van der Waals surface area (Å²) in [6.45, 7) is 7.40. The Bertz CT molecular complexity index is 165. The standard InChI is InChI=1S/C9H14O/c1-5-7(3)9(10)8(4)6-2/h5-6H,1-4H3/b7-5-,8-6?. The highest BCUT2D eigenvalue weighted by Crippen LogP contribution is 2.03. The monoisotopic (exact) mass is 138 g/mol. The summed E-state index contributed by atoms with van der Waals surface area (Å²) < 4.78 is 0. The van der Waals surface area contributed by atoms with Gasteiger partial charge in [0.1, 0.15) is 0 Å². The molecule has 0 fully saturated rings. The molecule has 1 heteroatoms. The van der Waals surface area contributed by atoms with Crippen LogP contribution in [0.25, 0.3) is 0 Å². The van der Waals surface area contributed by atoms with Crippen LogP contribution < -0.4 is 0 Å². The van der Waals surface area contributed by atoms with Crippen molar-refractivity contribution in [3.63, 3.8) is 0 Å². The van der Waals surface area contributed by atoms with Crippen molar-refractivity contribution in [2.24, 2.45) is 0 Å². The molecular formula is C9H14O. The maximum atomic E-state index is 11.2. The number of hydrogen-bond acceptors (Lipinski definition) is 1. The van der Waals surface area contributed by atoms with Crippen LogP contribution in [0.3, 0.4) is 0 Å². The lowest BCUT2D eigenvalue weighted by molar-refractivity contribution is -0.112. The van der Waals surface area contributed by atoms with Crippen molar-refractivity contribution in [3.8, 4) is 0 Å². The lowest BCUT2D eigenvalue weighted by Gasteiger charge is -1.97. The van der Waals surface area contributed by atoms with Crippen molar-refractivity contribution < 1.29 is 4.79 Å². The van der Waals surface area contributed by atoms with Crippen LogP contribution >= 0.6 is 0 Å². The third-order valence-corrected chi connectivity index (χ3v) is 1.58. The number of Topliss-reactive ketones (excluding diaryl/α,β-unsaturated/α-hetero) is 1. The van der Waals surface area contributed by atoms with Crippen LogP contribution in [0.4, 0.5) is 0 Å². The Balaban J connectivity index is 4.39. The molecule has 0 aliphatic carbocycles. The van der Waals surface area contributed by atoms with Gasteiger partial charge in [-0.15, -0.1) is 0 Å². The van der Waals surface area contributed by atoms with Crippen LogP contribution in [0.1, 0.15) is 27.7 Å². The van der Waals surface area contributed by atoms with Crippen molar-refractivity contribution in [2.45, 2.75) is 27.7 Å². The van der Waals surface area contributed by atoms with E-state index < -0.39 is 0 Å². The number of rotatable bonds is 2. The maximum absolute atomic E-state index is 11.2. The molecule has 10 heavy (non-hydrogen) atoms. The number of allylic oxidation sites excluding steroid dienone is 4. The van der Waals surface area contributed by atoms with Gasteiger partial charge in [0, 0.05) is 0 Å². The lowest BCUT2D eigenvalue weighted by atomic mass is 10.1. The third kappa shape index (κ3) is 2.18. The first kappa shape index (κ1) is 9.15. The predicted molar refractivity (Wildman–Crippen MR) is 43.9 cm³/mol. The highest BCUT2D eigenvalue weighted by atomic mass is 16.1. The molecule has 0 aromatic carbocycles. The van der Waals surface area contributed by atoms with Crippen molar-refractivity contribution >= 4 is 5.78 Å². The van der Waals surface area contributed by atoms with Gasteiger partial charge >= 0.3 is 0 Å². The second kappa shape index (κ2) is 4.04. The van der Waals surface area contributed by atoms with E-state index in [2.05, 4.69) is 0 Å². The molecule has 1 nitrogen and oxygen atoms in total. The molecule has 0 radical (unpaired) electrons. The molecule has 0 spiro atoms. The van der Waals surface area contributed by atoms with Gasteiger partial charge in [-0.05, 0) is 38.8 Å². The van der Waals surface area contributed by atoms with E-state index in [9.17, 15) is 4.79 Å². The second-order valence-corrected chi connectivity index (χ2v) is 2.27. The van der Waals surface area contributed by atoms with Crippen LogP contribution in [0.5, 0.6) is 0 Å². The zero-order valence-corrected chi connectivity index (χ0v) is 7.06. The first-order valence-electron chi connectivity index (χ1n) is 3.44. The van der Waals surface area contributed by atoms with Crippen LogP contribution in [0.2, 0.25) is 0 Å². The summed E-state index contributed by atoms with van der Waals surface area (Å²) in [5.41, 5.74) is 1.63. The summed E-state index contributed by atoms with van der Waals surface area (Å²) in [7, 11) is 0. The fraction of sp³-hybridized carbons (Fsp3) is 0.444. The number of ketones is 1. The molecule has 0 amide bonds. The third-order valence-electron chi connectivity index (χ3n) is 1.58. The minimum Gasteiger partial charge on any atom is -0.289 e. The van der Waals surface area contributed by atoms with Crippen LogP contribution in [-0.2, 0) is 4.79 Å². The molecule has 0 atom stereocenters. The van der Waals surface area contributed by atoms with Gasteiger partial charge < -0.3 is 0 Å². The molecule has 0 rings (SSSR count). The Labute approximate surface area is 62.4 Å². The van der Waals surface area contributed by atoms with E-state index >= 15 is 0 Å². The Morgan fingerprint density at radius 3 is 1.50 bits per heavy atom. The molecule has 0 N–H and O–H groups in total. The molecule has 0 aromatic rings. The normalized spacial score (nSPS) is 13.6. The average molecular weight is 138 g/mol. The summed E-state index contributed by atoms with van der Waals surface area (Å²) in [4.78, 5) is 11.2. The molecule has 0 saturated heterocycles. The molecule has 0 heterocycles. The molecule has 0 bridgehead atoms. The van der Waals surface area contributed by atoms with Gasteiger partial charge in [0.15, 0.2) is 5.78 Å². The van der Waals surface area contributed by atoms with Crippen molar-refractivity contribution in [3.05, 3.63) is 23.3 Å². The van der Waals surface area contributed by atoms with E-state index in [0.29, 0.717) is 0 Å². The Morgan fingerprint density at radius 2 is 1.30 bits per heavy atom. The topological polar surface area (TPSA) is 17.1 Å². The van der Waals surface area contributed by atoms with E-state index in [1.165, 1.54) is 0 Å². The van der Waals surface area contributed by atoms with Gasteiger partial charge in [-0.2, -0.15) is 0 Å². The molecule has 0 aliphatic rings. The summed E-state index contributed by atoms with van der Waals surface area (Å²) in [5.74, 6) is 0.144. The number of carbonyl (C=O) groups is 1. The van der Waals surface area contributed by atoms with Crippen molar-refractivity contribution in [1.29, 1.82) is 0 Å². The highest BCUT2D eigenvalue weighted by molar-refractivity contribution is 6.07. The van der Waals surface area contributed by atoms with E-state index in [1.807, 2.05) is 39.8 Å². The minimum atomic E-state index is 0.144. The average Bonchev–Trinajstić information content (AvgIpc) is 2.00. The zero-order valence-electron chi connectivity index (χ0n) is 7.06. The summed E-state index contributed by atoms with van der Waals surface area (Å²) >= 11 is 0. The lowest BCUT2D eigenvalue weighted by Crippen LogP contribution is -1.99. The van der Waals surface area contributed by atoms with Crippen molar-refractivity contribution in [2.75, 3.05) is 0 Å². The van der Waals surface area contributed by atoms with Crippen LogP contribution in [0, 0.1) is 0 Å². The first-order valence-corrected chi connectivity index (χ1v) is 3.44. The van der Waals surface area contributed by atoms with E-state index in [0.717, 1.165) is 11.1 Å². The zero-order chi connectivity index (χ0) is 8.15. The van der Waals surface area contributed by atoms with E-state index in [4.69, 9.17) is 0 Å². The molecule has 0 saturated carbocycles. The van der Waals surface area contributed by atoms with Crippen molar-refractivity contribution in [1.82, 2.24) is 0 Å². The predicted octanol–water partition coefficient (Wildman–Crippen LogP) is 2.49.